The molecule has 3 aliphatic rings. The van der Waals surface area contributed by atoms with Crippen LogP contribution in [0.15, 0.2) is 18.2 Å². The number of imide groups is 1. The van der Waals surface area contributed by atoms with Crippen LogP contribution in [0.25, 0.3) is 0 Å². The lowest BCUT2D eigenvalue weighted by Gasteiger charge is -2.31. The van der Waals surface area contributed by atoms with Crippen LogP contribution in [-0.4, -0.2) is 54.1 Å². The summed E-state index contributed by atoms with van der Waals surface area (Å²) in [4.78, 5) is 40.8. The van der Waals surface area contributed by atoms with Gasteiger partial charge < -0.3 is 19.7 Å². The summed E-state index contributed by atoms with van der Waals surface area (Å²) in [5.74, 6) is 0.937. The zero-order chi connectivity index (χ0) is 19.2. The van der Waals surface area contributed by atoms with Gasteiger partial charge in [0.1, 0.15) is 12.1 Å². The Balaban J connectivity index is 1.52. The molecule has 0 bridgehead atoms. The van der Waals surface area contributed by atoms with Crippen molar-refractivity contribution in [1.29, 1.82) is 0 Å². The Hall–Kier alpha value is -2.77. The van der Waals surface area contributed by atoms with Crippen LogP contribution in [0.3, 0.4) is 0 Å². The summed E-state index contributed by atoms with van der Waals surface area (Å²) in [6.07, 6.45) is 2.04. The highest BCUT2D eigenvalue weighted by molar-refractivity contribution is 6.09. The molecule has 3 aliphatic heterocycles. The lowest BCUT2D eigenvalue weighted by Crippen LogP contribution is -2.47. The predicted octanol–water partition coefficient (Wildman–Crippen LogP) is 1.44. The number of amides is 4. The molecule has 2 atom stereocenters. The van der Waals surface area contributed by atoms with Crippen molar-refractivity contribution in [2.45, 2.75) is 32.2 Å². The van der Waals surface area contributed by atoms with Crippen LogP contribution >= 0.6 is 0 Å². The summed E-state index contributed by atoms with van der Waals surface area (Å²) in [6.45, 7) is 4.97. The molecule has 4 amide bonds. The van der Waals surface area contributed by atoms with Gasteiger partial charge >= 0.3 is 6.03 Å². The van der Waals surface area contributed by atoms with Gasteiger partial charge in [-0.3, -0.25) is 14.5 Å². The first-order valence-electron chi connectivity index (χ1n) is 9.20. The average Bonchev–Trinajstić information content (AvgIpc) is 3.20. The van der Waals surface area contributed by atoms with Crippen molar-refractivity contribution in [3.05, 3.63) is 23.8 Å². The third-order valence-electron chi connectivity index (χ3n) is 5.53. The van der Waals surface area contributed by atoms with E-state index in [4.69, 9.17) is 9.47 Å². The summed E-state index contributed by atoms with van der Waals surface area (Å²) in [5.41, 5.74) is -0.653. The van der Waals surface area contributed by atoms with Gasteiger partial charge in [-0.25, -0.2) is 4.79 Å². The van der Waals surface area contributed by atoms with E-state index >= 15 is 0 Å². The number of fused-ring (bicyclic) bond motifs is 1. The summed E-state index contributed by atoms with van der Waals surface area (Å²) >= 11 is 0. The number of carbonyl (C=O) groups is 3. The second-order valence-electron chi connectivity index (χ2n) is 7.60. The summed E-state index contributed by atoms with van der Waals surface area (Å²) < 4.78 is 10.7. The predicted molar refractivity (Wildman–Crippen MR) is 95.1 cm³/mol. The number of hydrogen-bond acceptors (Lipinski definition) is 5. The fourth-order valence-corrected chi connectivity index (χ4v) is 3.89. The fourth-order valence-electron chi connectivity index (χ4n) is 3.89. The van der Waals surface area contributed by atoms with Crippen molar-refractivity contribution < 1.29 is 23.9 Å². The van der Waals surface area contributed by atoms with E-state index in [-0.39, 0.29) is 19.2 Å². The average molecular weight is 373 g/mol. The second kappa shape index (κ2) is 6.44. The summed E-state index contributed by atoms with van der Waals surface area (Å²) in [5, 5.41) is 2.72. The summed E-state index contributed by atoms with van der Waals surface area (Å²) in [6, 6.07) is 4.57. The molecule has 8 heteroatoms. The van der Waals surface area contributed by atoms with E-state index in [1.54, 1.807) is 30.0 Å². The van der Waals surface area contributed by atoms with Crippen molar-refractivity contribution >= 4 is 17.8 Å². The highest BCUT2D eigenvalue weighted by atomic mass is 16.7. The molecule has 3 heterocycles. The minimum absolute atomic E-state index is 0.130. The Labute approximate surface area is 157 Å². The fraction of sp³-hybridized carbons (Fsp3) is 0.526. The molecule has 2 saturated heterocycles. The number of rotatable bonds is 3. The number of nitrogens with one attached hydrogen (secondary N) is 1. The first-order chi connectivity index (χ1) is 12.9. The number of likely N-dealkylation sites (tertiary alicyclic amines) is 1. The molecule has 144 valence electrons. The molecule has 0 aliphatic carbocycles. The number of carbonyl (C=O) groups excluding carboxylic acids is 3. The minimum atomic E-state index is -1.24. The van der Waals surface area contributed by atoms with Crippen LogP contribution in [0, 0.1) is 5.92 Å². The minimum Gasteiger partial charge on any atom is -0.454 e. The topological polar surface area (TPSA) is 88.2 Å². The molecule has 0 aromatic heterocycles. The third kappa shape index (κ3) is 2.98. The largest absolute Gasteiger partial charge is 0.454 e. The van der Waals surface area contributed by atoms with Crippen molar-refractivity contribution in [3.63, 3.8) is 0 Å². The van der Waals surface area contributed by atoms with E-state index in [0.29, 0.717) is 36.1 Å². The Bertz CT molecular complexity index is 811. The quantitative estimate of drug-likeness (QED) is 0.810. The maximum Gasteiger partial charge on any atom is 0.325 e. The first-order valence-corrected chi connectivity index (χ1v) is 9.20. The monoisotopic (exact) mass is 373 g/mol. The Morgan fingerprint density at radius 1 is 1.30 bits per heavy atom. The molecular weight excluding hydrogens is 350 g/mol. The van der Waals surface area contributed by atoms with E-state index in [9.17, 15) is 14.4 Å². The molecule has 2 fully saturated rings. The van der Waals surface area contributed by atoms with Crippen LogP contribution in [0.2, 0.25) is 0 Å². The van der Waals surface area contributed by atoms with Crippen LogP contribution in [0.4, 0.5) is 4.79 Å². The molecule has 0 saturated carbocycles. The third-order valence-corrected chi connectivity index (χ3v) is 5.53. The molecule has 0 spiro atoms. The van der Waals surface area contributed by atoms with Crippen LogP contribution in [0.5, 0.6) is 11.5 Å². The number of piperidine rings is 1. The van der Waals surface area contributed by atoms with Crippen LogP contribution in [0.1, 0.15) is 32.3 Å². The number of ether oxygens (including phenoxy) is 2. The standard InChI is InChI=1S/C19H23N3O5/c1-12-4-3-7-21(9-12)16(23)10-22-17(24)19(2,20-18(22)25)13-5-6-14-15(8-13)27-11-26-14/h5-6,8,12H,3-4,7,9-11H2,1-2H3,(H,20,25). The van der Waals surface area contributed by atoms with E-state index in [1.807, 2.05) is 0 Å². The lowest BCUT2D eigenvalue weighted by molar-refractivity contribution is -0.139. The Morgan fingerprint density at radius 3 is 2.85 bits per heavy atom. The molecule has 1 aromatic carbocycles. The van der Waals surface area contributed by atoms with Crippen LogP contribution in [-0.2, 0) is 15.1 Å². The lowest BCUT2D eigenvalue weighted by atomic mass is 9.91. The van der Waals surface area contributed by atoms with Gasteiger partial charge in [0.05, 0.1) is 0 Å². The van der Waals surface area contributed by atoms with E-state index in [0.717, 1.165) is 17.7 Å². The number of benzene rings is 1. The van der Waals surface area contributed by atoms with E-state index in [2.05, 4.69) is 12.2 Å². The normalized spacial score (nSPS) is 27.1. The Morgan fingerprint density at radius 2 is 2.07 bits per heavy atom. The van der Waals surface area contributed by atoms with E-state index in [1.165, 1.54) is 0 Å². The maximum atomic E-state index is 13.0. The van der Waals surface area contributed by atoms with Crippen molar-refractivity contribution in [1.82, 2.24) is 15.1 Å². The van der Waals surface area contributed by atoms with Gasteiger partial charge in [-0.15, -0.1) is 0 Å². The molecule has 1 aromatic rings. The van der Waals surface area contributed by atoms with Crippen LogP contribution < -0.4 is 14.8 Å². The van der Waals surface area contributed by atoms with Gasteiger partial charge in [0, 0.05) is 13.1 Å². The van der Waals surface area contributed by atoms with Crippen molar-refractivity contribution in [3.8, 4) is 11.5 Å². The highest BCUT2D eigenvalue weighted by Crippen LogP contribution is 2.37. The number of nitrogens with zero attached hydrogens (tertiary/aromatic N) is 2. The number of hydrogen-bond donors (Lipinski definition) is 1. The van der Waals surface area contributed by atoms with Gasteiger partial charge in [-0.05, 0) is 43.4 Å². The highest BCUT2D eigenvalue weighted by Gasteiger charge is 2.50. The molecule has 4 rings (SSSR count). The molecule has 27 heavy (non-hydrogen) atoms. The smallest absolute Gasteiger partial charge is 0.325 e. The molecule has 0 radical (unpaired) electrons. The maximum absolute atomic E-state index is 13.0. The van der Waals surface area contributed by atoms with Crippen molar-refractivity contribution in [2.75, 3.05) is 26.4 Å². The van der Waals surface area contributed by atoms with Gasteiger partial charge in [0.15, 0.2) is 11.5 Å². The van der Waals surface area contributed by atoms with Gasteiger partial charge in [-0.1, -0.05) is 13.0 Å². The van der Waals surface area contributed by atoms with Gasteiger partial charge in [0.25, 0.3) is 5.91 Å². The zero-order valence-corrected chi connectivity index (χ0v) is 15.5. The first kappa shape index (κ1) is 17.6. The molecule has 1 N–H and O–H groups in total. The Kier molecular flexibility index (Phi) is 4.20. The molecule has 8 nitrogen and oxygen atoms in total. The number of urea groups is 1. The zero-order valence-electron chi connectivity index (χ0n) is 15.5. The molecular formula is C19H23N3O5. The summed E-state index contributed by atoms with van der Waals surface area (Å²) in [7, 11) is 0. The second-order valence-corrected chi connectivity index (χ2v) is 7.60. The molecule has 2 unspecified atom stereocenters. The van der Waals surface area contributed by atoms with Gasteiger partial charge in [-0.2, -0.15) is 0 Å². The van der Waals surface area contributed by atoms with Gasteiger partial charge in [0.2, 0.25) is 12.7 Å². The SMILES string of the molecule is CC1CCCN(C(=O)CN2C(=O)NC(C)(c3ccc4c(c3)OCO4)C2=O)C1. The van der Waals surface area contributed by atoms with Crippen molar-refractivity contribution in [2.24, 2.45) is 5.92 Å². The van der Waals surface area contributed by atoms with E-state index < -0.39 is 17.5 Å².